The van der Waals surface area contributed by atoms with Crippen molar-refractivity contribution in [3.63, 3.8) is 0 Å². The molecular weight excluding hydrogens is 274 g/mol. The first-order valence-corrected chi connectivity index (χ1v) is 15.4. The molecule has 0 nitrogen and oxygen atoms in total. The summed E-state index contributed by atoms with van der Waals surface area (Å²) in [5.74, 6) is 0.982. The Hall–Kier alpha value is 1.68. The maximum absolute atomic E-state index is 5.87. The van der Waals surface area contributed by atoms with Crippen LogP contribution in [0.3, 0.4) is 0 Å². The van der Waals surface area contributed by atoms with Crippen LogP contribution >= 0.6 is 17.0 Å². The van der Waals surface area contributed by atoms with Gasteiger partial charge in [-0.2, -0.15) is 0 Å². The molecule has 0 amide bonds. The molecule has 0 heterocycles. The van der Waals surface area contributed by atoms with Crippen molar-refractivity contribution in [3.8, 4) is 0 Å². The molecule has 1 fully saturated rings. The second-order valence-corrected chi connectivity index (χ2v) is 20.1. The van der Waals surface area contributed by atoms with Gasteiger partial charge in [-0.3, -0.25) is 0 Å². The van der Waals surface area contributed by atoms with E-state index in [2.05, 4.69) is 0 Å². The molecule has 1 aliphatic carbocycles. The van der Waals surface area contributed by atoms with Crippen LogP contribution in [-0.4, -0.2) is 6.16 Å². The SMILES string of the molecule is [Cl][Zr]([Cl])=[Si]CC1CCCCC1. The van der Waals surface area contributed by atoms with Crippen molar-refractivity contribution in [1.29, 1.82) is 0 Å². The maximum atomic E-state index is 5.87. The number of hydrogen-bond donors (Lipinski definition) is 0. The van der Waals surface area contributed by atoms with E-state index in [0.717, 1.165) is 12.1 Å². The topological polar surface area (TPSA) is 0 Å². The van der Waals surface area contributed by atoms with Crippen LogP contribution in [-0.2, 0) is 18.0 Å². The standard InChI is InChI=1S/C7H13Si.2ClH.Zr/c8-6-7-4-2-1-3-5-7;;;/h7H,1-6H2;2*1H;/q;;;+2/p-2. The Morgan fingerprint density at radius 1 is 1.18 bits per heavy atom. The molecule has 63 valence electrons. The molecule has 0 unspecified atom stereocenters. The zero-order valence-electron chi connectivity index (χ0n) is 6.58. The van der Waals surface area contributed by atoms with Gasteiger partial charge in [0, 0.05) is 0 Å². The molecular formula is C7H13Cl2SiZr. The summed E-state index contributed by atoms with van der Waals surface area (Å²) in [6.07, 6.45) is 8.17. The second kappa shape index (κ2) is 6.18. The summed E-state index contributed by atoms with van der Waals surface area (Å²) in [5, 5.41) is 0. The normalized spacial score (nSPS) is 19.8. The van der Waals surface area contributed by atoms with Crippen molar-refractivity contribution in [2.45, 2.75) is 38.1 Å². The van der Waals surface area contributed by atoms with Crippen molar-refractivity contribution in [3.05, 3.63) is 0 Å². The molecule has 0 bridgehead atoms. The third-order valence-electron chi connectivity index (χ3n) is 2.25. The van der Waals surface area contributed by atoms with Gasteiger partial charge in [0.15, 0.2) is 0 Å². The minimum atomic E-state index is -1.75. The van der Waals surface area contributed by atoms with Crippen LogP contribution in [0.15, 0.2) is 0 Å². The third-order valence-corrected chi connectivity index (χ3v) is 11.5. The summed E-state index contributed by atoms with van der Waals surface area (Å²) < 4.78 is 0. The summed E-state index contributed by atoms with van der Waals surface area (Å²) in [5.41, 5.74) is 0. The molecule has 0 aliphatic heterocycles. The van der Waals surface area contributed by atoms with Crippen LogP contribution in [0.4, 0.5) is 0 Å². The van der Waals surface area contributed by atoms with E-state index in [-0.39, 0.29) is 0 Å². The molecule has 0 N–H and O–H groups in total. The van der Waals surface area contributed by atoms with Crippen LogP contribution in [0.1, 0.15) is 32.1 Å². The van der Waals surface area contributed by atoms with Gasteiger partial charge >= 0.3 is 85.2 Å². The first-order valence-electron chi connectivity index (χ1n) is 4.21. The van der Waals surface area contributed by atoms with E-state index in [0.29, 0.717) is 0 Å². The van der Waals surface area contributed by atoms with Gasteiger partial charge in [-0.25, -0.2) is 0 Å². The van der Waals surface area contributed by atoms with E-state index in [1.807, 2.05) is 0 Å². The zero-order valence-corrected chi connectivity index (χ0v) is 11.5. The van der Waals surface area contributed by atoms with E-state index >= 15 is 0 Å². The molecule has 1 saturated carbocycles. The molecule has 0 aromatic carbocycles. The van der Waals surface area contributed by atoms with Gasteiger partial charge in [-0.15, -0.1) is 0 Å². The van der Waals surface area contributed by atoms with Crippen molar-refractivity contribution in [2.24, 2.45) is 5.92 Å². The van der Waals surface area contributed by atoms with Crippen LogP contribution < -0.4 is 0 Å². The molecule has 0 atom stereocenters. The second-order valence-electron chi connectivity index (χ2n) is 3.15. The first-order chi connectivity index (χ1) is 5.29. The van der Waals surface area contributed by atoms with Crippen molar-refractivity contribution in [1.82, 2.24) is 0 Å². The monoisotopic (exact) mass is 285 g/mol. The predicted molar refractivity (Wildman–Crippen MR) is 48.8 cm³/mol. The van der Waals surface area contributed by atoms with Crippen molar-refractivity contribution in [2.75, 3.05) is 0 Å². The molecule has 4 heteroatoms. The molecule has 11 heavy (non-hydrogen) atoms. The summed E-state index contributed by atoms with van der Waals surface area (Å²) in [6.45, 7) is 0. The molecule has 1 aliphatic rings. The van der Waals surface area contributed by atoms with Crippen LogP contribution in [0.5, 0.6) is 0 Å². The van der Waals surface area contributed by atoms with E-state index in [9.17, 15) is 0 Å². The van der Waals surface area contributed by atoms with Gasteiger partial charge in [-0.05, 0) is 0 Å². The van der Waals surface area contributed by atoms with Crippen molar-refractivity contribution >= 4 is 23.2 Å². The van der Waals surface area contributed by atoms with Gasteiger partial charge in [0.1, 0.15) is 0 Å². The fourth-order valence-corrected chi connectivity index (χ4v) is 8.47. The molecule has 0 spiro atoms. The van der Waals surface area contributed by atoms with E-state index < -0.39 is 18.0 Å². The van der Waals surface area contributed by atoms with Gasteiger partial charge in [-0.1, -0.05) is 0 Å². The number of halogens is 2. The average molecular weight is 287 g/mol. The fourth-order valence-electron chi connectivity index (χ4n) is 1.61. The first kappa shape index (κ1) is 10.8. The summed E-state index contributed by atoms with van der Waals surface area (Å²) in [4.78, 5) is 0. The van der Waals surface area contributed by atoms with Gasteiger partial charge in [0.2, 0.25) is 0 Å². The third kappa shape index (κ3) is 5.08. The summed E-state index contributed by atoms with van der Waals surface area (Å²) in [6, 6.07) is 1.35. The van der Waals surface area contributed by atoms with Gasteiger partial charge < -0.3 is 0 Å². The fraction of sp³-hybridized carbons (Fsp3) is 1.00. The average Bonchev–Trinajstić information content (AvgIpc) is 2.03. The Morgan fingerprint density at radius 3 is 2.36 bits per heavy atom. The Labute approximate surface area is 84.6 Å². The van der Waals surface area contributed by atoms with Crippen LogP contribution in [0.2, 0.25) is 6.04 Å². The molecule has 1 rings (SSSR count). The van der Waals surface area contributed by atoms with Gasteiger partial charge in [0.25, 0.3) is 0 Å². The molecule has 0 saturated heterocycles. The summed E-state index contributed by atoms with van der Waals surface area (Å²) in [7, 11) is 11.7. The zero-order chi connectivity index (χ0) is 8.10. The Kier molecular flexibility index (Phi) is 6.05. The van der Waals surface area contributed by atoms with E-state index in [1.54, 1.807) is 0 Å². The Morgan fingerprint density at radius 2 is 1.82 bits per heavy atom. The molecule has 0 aromatic rings. The predicted octanol–water partition coefficient (Wildman–Crippen LogP) is 3.53. The van der Waals surface area contributed by atoms with E-state index in [4.69, 9.17) is 17.0 Å². The van der Waals surface area contributed by atoms with Crippen molar-refractivity contribution < 1.29 is 18.0 Å². The number of hydrogen-bond acceptors (Lipinski definition) is 0. The molecule has 1 radical (unpaired) electrons. The molecule has 0 aromatic heterocycles. The van der Waals surface area contributed by atoms with Crippen LogP contribution in [0.25, 0.3) is 0 Å². The number of rotatable bonds is 2. The Bertz CT molecular complexity index is 139. The van der Waals surface area contributed by atoms with Crippen LogP contribution in [0, 0.1) is 5.92 Å². The quantitative estimate of drug-likeness (QED) is 0.682. The van der Waals surface area contributed by atoms with E-state index in [1.165, 1.54) is 38.1 Å². The Balaban J connectivity index is 2.19. The van der Waals surface area contributed by atoms with Gasteiger partial charge in [0.05, 0.1) is 0 Å². The minimum absolute atomic E-state index is 0.947. The summed E-state index contributed by atoms with van der Waals surface area (Å²) >= 11 is -1.75.